The molecule has 0 aliphatic carbocycles. The number of esters is 1. The van der Waals surface area contributed by atoms with E-state index >= 15 is 0 Å². The van der Waals surface area contributed by atoms with Crippen LogP contribution in [-0.4, -0.2) is 69.6 Å². The Hall–Kier alpha value is -2.58. The van der Waals surface area contributed by atoms with Crippen molar-refractivity contribution in [3.8, 4) is 0 Å². The van der Waals surface area contributed by atoms with Gasteiger partial charge in [0.25, 0.3) is 5.91 Å². The van der Waals surface area contributed by atoms with Gasteiger partial charge in [-0.2, -0.15) is 0 Å². The van der Waals surface area contributed by atoms with Gasteiger partial charge in [-0.1, -0.05) is 45.1 Å². The molecule has 7 atom stereocenters. The SMILES string of the molecule is C=CCCCCOC(=O)[C@@H]1[C@@H]2CC(C)C3(S2)C(C(=O)N(CC=C)c2cc(C)ccc2C)N([C@@H](CO)C(C)C)C(=O)[C@H]13. The van der Waals surface area contributed by atoms with Gasteiger partial charge in [0, 0.05) is 17.5 Å². The van der Waals surface area contributed by atoms with Gasteiger partial charge in [-0.3, -0.25) is 14.4 Å². The van der Waals surface area contributed by atoms with E-state index in [1.807, 2.05) is 52.0 Å². The number of hydrogen-bond acceptors (Lipinski definition) is 6. The van der Waals surface area contributed by atoms with Crippen LogP contribution >= 0.6 is 11.8 Å². The summed E-state index contributed by atoms with van der Waals surface area (Å²) in [6.07, 6.45) is 6.77. The van der Waals surface area contributed by atoms with Crippen LogP contribution < -0.4 is 4.90 Å². The lowest BCUT2D eigenvalue weighted by atomic mass is 9.66. The molecular formula is C33H46N2O5S. The van der Waals surface area contributed by atoms with E-state index in [0.717, 1.165) is 42.5 Å². The van der Waals surface area contributed by atoms with Crippen molar-refractivity contribution in [1.29, 1.82) is 0 Å². The van der Waals surface area contributed by atoms with E-state index < -0.39 is 28.7 Å². The number of carbonyl (C=O) groups excluding carboxylic acids is 3. The molecule has 3 heterocycles. The van der Waals surface area contributed by atoms with Gasteiger partial charge in [0.2, 0.25) is 5.91 Å². The lowest BCUT2D eigenvalue weighted by Gasteiger charge is -2.43. The lowest BCUT2D eigenvalue weighted by molar-refractivity contribution is -0.155. The number of rotatable bonds is 13. The van der Waals surface area contributed by atoms with Crippen molar-refractivity contribution in [2.24, 2.45) is 23.7 Å². The Bertz CT molecular complexity index is 1180. The molecule has 1 aromatic carbocycles. The highest BCUT2D eigenvalue weighted by atomic mass is 32.2. The zero-order chi connectivity index (χ0) is 30.1. The number of thioether (sulfide) groups is 1. The molecule has 8 heteroatoms. The summed E-state index contributed by atoms with van der Waals surface area (Å²) in [6.45, 7) is 18.0. The largest absolute Gasteiger partial charge is 0.465 e. The monoisotopic (exact) mass is 582 g/mol. The standard InChI is InChI=1S/C33H46N2O5S/c1-8-10-11-12-16-40-32(39)27-26-18-23(7)33(41-26)28(27)30(37)35(25(19-36)20(3)4)29(33)31(38)34(15-9-2)24-17-21(5)13-14-22(24)6/h8-9,13-14,17,20,23,25-29,36H,1-2,10-12,15-16,18-19H2,3-7H3/t23?,25-,26-,27+,28-,29?,33?/m0/s1. The van der Waals surface area contributed by atoms with Gasteiger partial charge in [0.15, 0.2) is 0 Å². The Balaban J connectivity index is 1.78. The summed E-state index contributed by atoms with van der Waals surface area (Å²) >= 11 is 1.63. The van der Waals surface area contributed by atoms with Crippen LogP contribution in [0.5, 0.6) is 0 Å². The molecule has 41 heavy (non-hydrogen) atoms. The van der Waals surface area contributed by atoms with E-state index in [9.17, 15) is 19.5 Å². The van der Waals surface area contributed by atoms with Crippen LogP contribution in [0.2, 0.25) is 0 Å². The number of carbonyl (C=O) groups is 3. The molecular weight excluding hydrogens is 536 g/mol. The van der Waals surface area contributed by atoms with Crippen molar-refractivity contribution in [1.82, 2.24) is 4.90 Å². The predicted octanol–water partition coefficient (Wildman–Crippen LogP) is 5.08. The zero-order valence-corrected chi connectivity index (χ0v) is 26.0. The first kappa shape index (κ1) is 31.4. The molecule has 3 unspecified atom stereocenters. The number of unbranched alkanes of at least 4 members (excludes halogenated alkanes) is 2. The number of hydrogen-bond donors (Lipinski definition) is 1. The van der Waals surface area contributed by atoms with Crippen LogP contribution in [0.25, 0.3) is 0 Å². The van der Waals surface area contributed by atoms with E-state index in [4.69, 9.17) is 4.74 Å². The number of amides is 2. The summed E-state index contributed by atoms with van der Waals surface area (Å²) in [5.41, 5.74) is 2.76. The number of aliphatic hydroxyl groups is 1. The van der Waals surface area contributed by atoms with Crippen molar-refractivity contribution < 1.29 is 24.2 Å². The third-order valence-electron chi connectivity index (χ3n) is 9.28. The maximum Gasteiger partial charge on any atom is 0.310 e. The molecule has 0 radical (unpaired) electrons. The Morgan fingerprint density at radius 3 is 2.61 bits per heavy atom. The highest BCUT2D eigenvalue weighted by Gasteiger charge is 2.77. The molecule has 1 N–H and O–H groups in total. The molecule has 3 aliphatic heterocycles. The molecule has 2 amide bonds. The molecule has 3 saturated heterocycles. The minimum atomic E-state index is -0.824. The number of allylic oxidation sites excluding steroid dienone is 1. The summed E-state index contributed by atoms with van der Waals surface area (Å²) < 4.78 is 4.96. The molecule has 1 spiro atoms. The van der Waals surface area contributed by atoms with Gasteiger partial charge in [-0.05, 0) is 68.6 Å². The van der Waals surface area contributed by atoms with Gasteiger partial charge in [-0.25, -0.2) is 0 Å². The van der Waals surface area contributed by atoms with Crippen molar-refractivity contribution in [3.05, 3.63) is 54.6 Å². The highest BCUT2D eigenvalue weighted by Crippen LogP contribution is 2.69. The Morgan fingerprint density at radius 1 is 1.24 bits per heavy atom. The number of aryl methyl sites for hydroxylation is 2. The van der Waals surface area contributed by atoms with Crippen molar-refractivity contribution >= 4 is 35.2 Å². The second kappa shape index (κ2) is 12.7. The van der Waals surface area contributed by atoms with Crippen LogP contribution in [0.3, 0.4) is 0 Å². The van der Waals surface area contributed by atoms with E-state index in [1.54, 1.807) is 27.6 Å². The highest BCUT2D eigenvalue weighted by molar-refractivity contribution is 8.02. The molecule has 7 nitrogen and oxygen atoms in total. The molecule has 224 valence electrons. The molecule has 3 fully saturated rings. The average molecular weight is 583 g/mol. The molecule has 0 saturated carbocycles. The fraction of sp³-hybridized carbons (Fsp3) is 0.606. The molecule has 2 bridgehead atoms. The Morgan fingerprint density at radius 2 is 1.98 bits per heavy atom. The van der Waals surface area contributed by atoms with Gasteiger partial charge >= 0.3 is 5.97 Å². The van der Waals surface area contributed by atoms with E-state index in [0.29, 0.717) is 6.61 Å². The molecule has 3 aliphatic rings. The minimum absolute atomic E-state index is 0.0257. The number of benzene rings is 1. The normalized spacial score (nSPS) is 29.0. The maximum atomic E-state index is 14.9. The second-order valence-electron chi connectivity index (χ2n) is 12.3. The topological polar surface area (TPSA) is 87.2 Å². The van der Waals surface area contributed by atoms with Crippen molar-refractivity contribution in [3.63, 3.8) is 0 Å². The number of fused-ring (bicyclic) bond motifs is 1. The number of aliphatic hydroxyl groups excluding tert-OH is 1. The molecule has 1 aromatic rings. The predicted molar refractivity (Wildman–Crippen MR) is 165 cm³/mol. The summed E-state index contributed by atoms with van der Waals surface area (Å²) in [6, 6.07) is 4.63. The van der Waals surface area contributed by atoms with Crippen LogP contribution in [0.4, 0.5) is 5.69 Å². The van der Waals surface area contributed by atoms with Gasteiger partial charge < -0.3 is 19.6 Å². The first-order chi connectivity index (χ1) is 19.5. The van der Waals surface area contributed by atoms with Crippen molar-refractivity contribution in [2.45, 2.75) is 82.4 Å². The number of nitrogens with zero attached hydrogens (tertiary/aromatic N) is 2. The Labute approximate surface area is 249 Å². The quantitative estimate of drug-likeness (QED) is 0.198. The van der Waals surface area contributed by atoms with Gasteiger partial charge in [0.05, 0.1) is 35.8 Å². The Kier molecular flexibility index (Phi) is 9.74. The zero-order valence-electron chi connectivity index (χ0n) is 25.2. The second-order valence-corrected chi connectivity index (χ2v) is 13.8. The number of ether oxygens (including phenoxy) is 1. The fourth-order valence-electron chi connectivity index (χ4n) is 7.24. The molecule has 0 aromatic heterocycles. The fourth-order valence-corrected chi connectivity index (χ4v) is 9.63. The summed E-state index contributed by atoms with van der Waals surface area (Å²) in [7, 11) is 0. The smallest absolute Gasteiger partial charge is 0.310 e. The first-order valence-corrected chi connectivity index (χ1v) is 15.8. The average Bonchev–Trinajstić information content (AvgIpc) is 3.52. The van der Waals surface area contributed by atoms with Crippen molar-refractivity contribution in [2.75, 3.05) is 24.7 Å². The summed E-state index contributed by atoms with van der Waals surface area (Å²) in [4.78, 5) is 46.3. The van der Waals surface area contributed by atoms with E-state index in [2.05, 4.69) is 20.1 Å². The molecule has 4 rings (SSSR count). The first-order valence-electron chi connectivity index (χ1n) is 14.9. The summed E-state index contributed by atoms with van der Waals surface area (Å²) in [5, 5.41) is 10.4. The third-order valence-corrected chi connectivity index (χ3v) is 11.4. The lowest BCUT2D eigenvalue weighted by Crippen LogP contribution is -2.60. The third kappa shape index (κ3) is 5.38. The van der Waals surface area contributed by atoms with E-state index in [1.165, 1.54) is 0 Å². The van der Waals surface area contributed by atoms with Crippen LogP contribution in [0.15, 0.2) is 43.5 Å². The summed E-state index contributed by atoms with van der Waals surface area (Å²) in [5.74, 6) is -2.09. The van der Waals surface area contributed by atoms with Crippen LogP contribution in [0.1, 0.15) is 57.6 Å². The van der Waals surface area contributed by atoms with E-state index in [-0.39, 0.29) is 48.0 Å². The number of anilines is 1. The van der Waals surface area contributed by atoms with Gasteiger partial charge in [0.1, 0.15) is 6.04 Å². The maximum absolute atomic E-state index is 14.9. The minimum Gasteiger partial charge on any atom is -0.465 e. The number of likely N-dealkylation sites (tertiary alicyclic amines) is 1. The van der Waals surface area contributed by atoms with Crippen LogP contribution in [-0.2, 0) is 19.1 Å². The van der Waals surface area contributed by atoms with Crippen LogP contribution in [0, 0.1) is 37.5 Å². The van der Waals surface area contributed by atoms with Gasteiger partial charge in [-0.15, -0.1) is 24.9 Å².